The number of alkyl carbamates (subject to hydrolysis) is 1. The van der Waals surface area contributed by atoms with Crippen molar-refractivity contribution in [1.29, 1.82) is 0 Å². The number of piperidine rings is 1. The zero-order valence-corrected chi connectivity index (χ0v) is 26.4. The van der Waals surface area contributed by atoms with Gasteiger partial charge < -0.3 is 34.4 Å². The van der Waals surface area contributed by atoms with E-state index in [1.807, 2.05) is 81.1 Å². The minimum Gasteiger partial charge on any atom is -0.457 e. The molecule has 2 aromatic carbocycles. The summed E-state index contributed by atoms with van der Waals surface area (Å²) in [7, 11) is 1.69. The lowest BCUT2D eigenvalue weighted by Gasteiger charge is -2.44. The van der Waals surface area contributed by atoms with E-state index in [0.29, 0.717) is 51.4 Å². The lowest BCUT2D eigenvalue weighted by Crippen LogP contribution is -2.52. The fourth-order valence-electron chi connectivity index (χ4n) is 6.17. The highest BCUT2D eigenvalue weighted by molar-refractivity contribution is 5.75. The van der Waals surface area contributed by atoms with E-state index < -0.39 is 17.3 Å². The van der Waals surface area contributed by atoms with Crippen LogP contribution in [0.4, 0.5) is 9.59 Å². The monoisotopic (exact) mass is 595 g/mol. The van der Waals surface area contributed by atoms with Gasteiger partial charge >= 0.3 is 12.1 Å². The van der Waals surface area contributed by atoms with E-state index in [0.717, 1.165) is 42.6 Å². The minimum atomic E-state index is -1.20. The number of unbranched alkanes of at least 4 members (excludes halogenated alkanes) is 1. The van der Waals surface area contributed by atoms with E-state index in [2.05, 4.69) is 5.32 Å². The van der Waals surface area contributed by atoms with Crippen LogP contribution < -0.4 is 10.1 Å². The Labute approximate surface area is 256 Å². The molecular weight excluding hydrogens is 546 g/mol. The molecule has 0 aromatic heterocycles. The van der Waals surface area contributed by atoms with Gasteiger partial charge in [-0.2, -0.15) is 0 Å². The van der Waals surface area contributed by atoms with E-state index in [1.54, 1.807) is 12.0 Å². The summed E-state index contributed by atoms with van der Waals surface area (Å²) < 4.78 is 17.1. The SMILES string of the molecule is COCCCC[C@@](O)(c1ccccc1Oc1ccccc1C)[C@@H]1CCCN(C(=O)N2CC[C@H](NC(=O)OC(C)(C)C)C2)C1. The first-order valence-corrected chi connectivity index (χ1v) is 15.6. The maximum atomic E-state index is 13.7. The third-order valence-corrected chi connectivity index (χ3v) is 8.37. The topological polar surface area (TPSA) is 101 Å². The molecule has 3 atom stereocenters. The Hall–Kier alpha value is -3.30. The van der Waals surface area contributed by atoms with Gasteiger partial charge in [-0.05, 0) is 83.9 Å². The molecule has 0 aliphatic carbocycles. The number of amides is 3. The molecule has 9 heteroatoms. The van der Waals surface area contributed by atoms with Crippen LogP contribution in [0.15, 0.2) is 48.5 Å². The number of para-hydroxylation sites is 2. The first-order valence-electron chi connectivity index (χ1n) is 15.6. The van der Waals surface area contributed by atoms with Crippen molar-refractivity contribution in [3.63, 3.8) is 0 Å². The number of ether oxygens (including phenoxy) is 3. The second kappa shape index (κ2) is 14.4. The van der Waals surface area contributed by atoms with E-state index >= 15 is 0 Å². The van der Waals surface area contributed by atoms with Gasteiger partial charge in [0.2, 0.25) is 0 Å². The summed E-state index contributed by atoms with van der Waals surface area (Å²) in [5.74, 6) is 1.21. The molecule has 0 saturated carbocycles. The molecule has 9 nitrogen and oxygen atoms in total. The van der Waals surface area contributed by atoms with Crippen molar-refractivity contribution in [2.75, 3.05) is 39.9 Å². The van der Waals surface area contributed by atoms with Crippen molar-refractivity contribution < 1.29 is 28.9 Å². The van der Waals surface area contributed by atoms with E-state index in [-0.39, 0.29) is 18.0 Å². The van der Waals surface area contributed by atoms with Gasteiger partial charge in [-0.3, -0.25) is 0 Å². The lowest BCUT2D eigenvalue weighted by atomic mass is 9.73. The summed E-state index contributed by atoms with van der Waals surface area (Å²) in [6.07, 6.45) is 3.94. The number of benzene rings is 2. The number of nitrogens with one attached hydrogen (secondary N) is 1. The number of aliphatic hydroxyl groups is 1. The van der Waals surface area contributed by atoms with Crippen molar-refractivity contribution in [2.45, 2.75) is 83.5 Å². The van der Waals surface area contributed by atoms with Crippen LogP contribution in [0.2, 0.25) is 0 Å². The lowest BCUT2D eigenvalue weighted by molar-refractivity contribution is -0.0586. The third-order valence-electron chi connectivity index (χ3n) is 8.37. The Morgan fingerprint density at radius 2 is 1.65 bits per heavy atom. The number of urea groups is 1. The Morgan fingerprint density at radius 3 is 2.37 bits per heavy atom. The molecule has 2 saturated heterocycles. The number of carbonyl (C=O) groups excluding carboxylic acids is 2. The van der Waals surface area contributed by atoms with Gasteiger partial charge in [-0.15, -0.1) is 0 Å². The maximum Gasteiger partial charge on any atom is 0.407 e. The number of rotatable bonds is 10. The molecule has 4 rings (SSSR count). The highest BCUT2D eigenvalue weighted by atomic mass is 16.6. The van der Waals surface area contributed by atoms with Crippen LogP contribution in [-0.4, -0.2) is 78.6 Å². The van der Waals surface area contributed by atoms with Crippen molar-refractivity contribution in [3.8, 4) is 11.5 Å². The van der Waals surface area contributed by atoms with Gasteiger partial charge in [0.15, 0.2) is 0 Å². The minimum absolute atomic E-state index is 0.0515. The normalized spacial score (nSPS) is 20.4. The molecule has 43 heavy (non-hydrogen) atoms. The van der Waals surface area contributed by atoms with Crippen LogP contribution in [0.3, 0.4) is 0 Å². The molecule has 0 bridgehead atoms. The van der Waals surface area contributed by atoms with Gasteiger partial charge in [-0.1, -0.05) is 36.4 Å². The predicted molar refractivity (Wildman–Crippen MR) is 166 cm³/mol. The van der Waals surface area contributed by atoms with Crippen LogP contribution in [0, 0.1) is 12.8 Å². The number of likely N-dealkylation sites (tertiary alicyclic amines) is 2. The van der Waals surface area contributed by atoms with Gasteiger partial charge in [0.05, 0.1) is 11.6 Å². The summed E-state index contributed by atoms with van der Waals surface area (Å²) in [5.41, 5.74) is -0.0128. The summed E-state index contributed by atoms with van der Waals surface area (Å²) >= 11 is 0. The molecule has 2 aromatic rings. The second-order valence-electron chi connectivity index (χ2n) is 12.9. The molecule has 236 valence electrons. The number of nitrogens with zero attached hydrogens (tertiary/aromatic N) is 2. The summed E-state index contributed by atoms with van der Waals surface area (Å²) in [6.45, 7) is 10.2. The molecule has 2 aliphatic rings. The zero-order chi connectivity index (χ0) is 31.0. The Kier molecular flexibility index (Phi) is 11.0. The van der Waals surface area contributed by atoms with Crippen molar-refractivity contribution in [1.82, 2.24) is 15.1 Å². The van der Waals surface area contributed by atoms with Crippen LogP contribution >= 0.6 is 0 Å². The Bertz CT molecular complexity index is 1230. The molecule has 0 unspecified atom stereocenters. The molecule has 3 amide bonds. The number of carbonyl (C=O) groups is 2. The highest BCUT2D eigenvalue weighted by Gasteiger charge is 2.44. The predicted octanol–water partition coefficient (Wildman–Crippen LogP) is 6.22. The summed E-state index contributed by atoms with van der Waals surface area (Å²) in [5, 5.41) is 15.5. The number of aryl methyl sites for hydroxylation is 1. The molecular formula is C34H49N3O6. The smallest absolute Gasteiger partial charge is 0.407 e. The molecule has 2 fully saturated rings. The first-order chi connectivity index (χ1) is 20.5. The van der Waals surface area contributed by atoms with Crippen LogP contribution in [0.5, 0.6) is 11.5 Å². The number of hydrogen-bond donors (Lipinski definition) is 2. The van der Waals surface area contributed by atoms with Crippen LogP contribution in [0.1, 0.15) is 70.4 Å². The molecule has 2 aliphatic heterocycles. The fraction of sp³-hybridized carbons (Fsp3) is 0.588. The molecule has 0 spiro atoms. The van der Waals surface area contributed by atoms with Crippen molar-refractivity contribution >= 4 is 12.1 Å². The maximum absolute atomic E-state index is 13.7. The molecule has 2 N–H and O–H groups in total. The zero-order valence-electron chi connectivity index (χ0n) is 26.4. The Balaban J connectivity index is 1.50. The standard InChI is InChI=1S/C34H49N3O6/c1-25-13-6-8-16-29(25)42-30-17-9-7-15-28(30)34(40,19-10-11-22-41-5)26-14-12-20-36(23-26)32(39)37-21-18-27(24-37)35-31(38)43-33(2,3)4/h6-9,13,15-17,26-27,40H,10-12,14,18-24H2,1-5H3,(H,35,38)/t26-,27+,34+/m1/s1. The highest BCUT2D eigenvalue weighted by Crippen LogP contribution is 2.44. The first kappa shape index (κ1) is 32.6. The average molecular weight is 596 g/mol. The fourth-order valence-corrected chi connectivity index (χ4v) is 6.17. The molecule has 0 radical (unpaired) electrons. The van der Waals surface area contributed by atoms with Crippen LogP contribution in [-0.2, 0) is 15.1 Å². The largest absolute Gasteiger partial charge is 0.457 e. The quantitative estimate of drug-likeness (QED) is 0.316. The summed E-state index contributed by atoms with van der Waals surface area (Å²) in [6, 6.07) is 15.4. The van der Waals surface area contributed by atoms with Crippen LogP contribution in [0.25, 0.3) is 0 Å². The molecule has 2 heterocycles. The van der Waals surface area contributed by atoms with Crippen molar-refractivity contribution in [3.05, 3.63) is 59.7 Å². The van der Waals surface area contributed by atoms with Crippen molar-refractivity contribution in [2.24, 2.45) is 5.92 Å². The van der Waals surface area contributed by atoms with Gasteiger partial charge in [-0.25, -0.2) is 9.59 Å². The Morgan fingerprint density at radius 1 is 0.953 bits per heavy atom. The van der Waals surface area contributed by atoms with E-state index in [9.17, 15) is 14.7 Å². The van der Waals surface area contributed by atoms with Gasteiger partial charge in [0.1, 0.15) is 17.1 Å². The number of methoxy groups -OCH3 is 1. The second-order valence-corrected chi connectivity index (χ2v) is 12.9. The number of hydrogen-bond acceptors (Lipinski definition) is 6. The average Bonchev–Trinajstić information content (AvgIpc) is 3.43. The third kappa shape index (κ3) is 8.63. The van der Waals surface area contributed by atoms with E-state index in [4.69, 9.17) is 14.2 Å². The van der Waals surface area contributed by atoms with Gasteiger partial charge in [0, 0.05) is 51.4 Å². The van der Waals surface area contributed by atoms with E-state index in [1.165, 1.54) is 0 Å². The van der Waals surface area contributed by atoms with Gasteiger partial charge in [0.25, 0.3) is 0 Å². The summed E-state index contributed by atoms with van der Waals surface area (Å²) in [4.78, 5) is 29.6.